The molecule has 10 nitrogen and oxygen atoms in total. The Morgan fingerprint density at radius 2 is 1.71 bits per heavy atom. The lowest BCUT2D eigenvalue weighted by Gasteiger charge is -2.61. The van der Waals surface area contributed by atoms with E-state index in [-0.39, 0.29) is 101 Å². The average molecular weight is 836 g/mol. The molecule has 6 aliphatic carbocycles. The van der Waals surface area contributed by atoms with Crippen LogP contribution in [-0.2, 0) is 23.2 Å². The number of carbonyl (C=O) groups excluding carboxylic acids is 1. The van der Waals surface area contributed by atoms with E-state index in [0.717, 1.165) is 53.6 Å². The van der Waals surface area contributed by atoms with Gasteiger partial charge in [-0.3, -0.25) is 10.5 Å². The quantitative estimate of drug-likeness (QED) is 0.0404. The van der Waals surface area contributed by atoms with E-state index >= 15 is 0 Å². The van der Waals surface area contributed by atoms with Crippen LogP contribution in [0.15, 0.2) is 97.2 Å². The molecular weight excluding hydrogens is 781 g/mol. The lowest BCUT2D eigenvalue weighted by molar-refractivity contribution is -0.121. The number of Topliss-reactive ketones (excluding diaryl/α,β-unsaturated/α-hetero) is 1. The molecular formula is C52H55N2O8-. The summed E-state index contributed by atoms with van der Waals surface area (Å²) in [5, 5.41) is 56.2. The van der Waals surface area contributed by atoms with Crippen LogP contribution < -0.4 is 20.2 Å². The monoisotopic (exact) mass is 835 g/mol. The maximum atomic E-state index is 13.9. The van der Waals surface area contributed by atoms with Crippen LogP contribution in [0.3, 0.4) is 0 Å². The number of aryl methyl sites for hydroxylation is 1. The maximum absolute atomic E-state index is 13.9. The van der Waals surface area contributed by atoms with Gasteiger partial charge in [0.2, 0.25) is 5.75 Å². The van der Waals surface area contributed by atoms with E-state index in [2.05, 4.69) is 42.5 Å². The van der Waals surface area contributed by atoms with Gasteiger partial charge in [0.25, 0.3) is 0 Å². The van der Waals surface area contributed by atoms with E-state index < -0.39 is 12.0 Å². The second-order valence-corrected chi connectivity index (χ2v) is 18.7. The molecule has 0 saturated heterocycles. The number of aliphatic hydroxyl groups is 1. The number of phenols is 4. The molecule has 4 aromatic carbocycles. The van der Waals surface area contributed by atoms with Gasteiger partial charge in [0.1, 0.15) is 24.9 Å². The van der Waals surface area contributed by atoms with Crippen molar-refractivity contribution in [3.05, 3.63) is 131 Å². The third-order valence-electron chi connectivity index (χ3n) is 15.5. The Hall–Kier alpha value is -5.71. The van der Waals surface area contributed by atoms with Crippen LogP contribution in [0.4, 0.5) is 0 Å². The number of nitrogens with two attached hydrogens (primary N) is 1. The van der Waals surface area contributed by atoms with Gasteiger partial charge in [-0.05, 0) is 126 Å². The number of hydrogen-bond acceptors (Lipinski definition) is 9. The minimum Gasteiger partial charge on any atom is -0.663 e. The van der Waals surface area contributed by atoms with Crippen molar-refractivity contribution in [2.75, 3.05) is 6.73 Å². The Bertz CT molecular complexity index is 2540. The molecule has 11 rings (SSSR count). The Morgan fingerprint density at radius 1 is 0.871 bits per heavy atom. The third kappa shape index (κ3) is 6.74. The second kappa shape index (κ2) is 15.9. The van der Waals surface area contributed by atoms with Crippen LogP contribution in [0, 0.1) is 17.3 Å². The van der Waals surface area contributed by atoms with Gasteiger partial charge in [-0.25, -0.2) is 0 Å². The molecule has 10 heteroatoms. The van der Waals surface area contributed by atoms with Crippen molar-refractivity contribution in [3.8, 4) is 45.8 Å². The summed E-state index contributed by atoms with van der Waals surface area (Å²) in [5.41, 5.74) is 13.3. The molecule has 1 spiro atoms. The number of carbonyl (C=O) groups is 1. The summed E-state index contributed by atoms with van der Waals surface area (Å²) in [6, 6.07) is 24.5. The van der Waals surface area contributed by atoms with Crippen LogP contribution in [0.25, 0.3) is 11.3 Å². The number of benzene rings is 4. The number of aliphatic hydroxyl groups excluding tert-OH is 1. The molecule has 62 heavy (non-hydrogen) atoms. The fourth-order valence-corrected chi connectivity index (χ4v) is 13.0. The minimum atomic E-state index is -1.05. The first-order valence-corrected chi connectivity index (χ1v) is 22.3. The molecule has 5 aromatic rings. The Kier molecular flexibility index (Phi) is 10.3. The fourth-order valence-electron chi connectivity index (χ4n) is 13.0. The summed E-state index contributed by atoms with van der Waals surface area (Å²) in [6.07, 6.45) is 14.4. The van der Waals surface area contributed by atoms with E-state index in [4.69, 9.17) is 20.2 Å². The van der Waals surface area contributed by atoms with Gasteiger partial charge in [0.15, 0.2) is 23.0 Å². The number of ketones is 1. The summed E-state index contributed by atoms with van der Waals surface area (Å²) in [4.78, 5) is 18.9. The van der Waals surface area contributed by atoms with Gasteiger partial charge in [-0.1, -0.05) is 79.1 Å². The van der Waals surface area contributed by atoms with Crippen LogP contribution in [0.2, 0.25) is 0 Å². The summed E-state index contributed by atoms with van der Waals surface area (Å²) in [7, 11) is 0. The zero-order chi connectivity index (χ0) is 42.8. The first kappa shape index (κ1) is 40.4. The van der Waals surface area contributed by atoms with Gasteiger partial charge in [0, 0.05) is 35.7 Å². The number of nitrogens with zero attached hydrogens (tertiary/aromatic N) is 1. The summed E-state index contributed by atoms with van der Waals surface area (Å²) in [6.45, 7) is -0.0380. The fraction of sp³-hybridized carbons (Fsp3) is 0.404. The highest BCUT2D eigenvalue weighted by Crippen LogP contribution is 2.72. The number of fused-ring (bicyclic) bond motifs is 9. The van der Waals surface area contributed by atoms with Crippen molar-refractivity contribution < 1.29 is 39.8 Å². The molecule has 6 aliphatic rings. The SMILES string of the molecule is NCOc1cc(CCC(=O)CC(O)C2C=CC3CC(C45CC6(CCCC6)CCC4c4cc[n-]c4-c4ccccc45)C2c2cc(O)c(O)c(OCc4cccc(O)c4)c23)ccc1O. The Balaban J connectivity index is 1.08. The number of rotatable bonds is 12. The lowest BCUT2D eigenvalue weighted by Crippen LogP contribution is -2.54. The number of allylic oxidation sites excluding steroid dienone is 1. The Morgan fingerprint density at radius 3 is 2.53 bits per heavy atom. The van der Waals surface area contributed by atoms with Crippen LogP contribution in [0.5, 0.6) is 34.5 Å². The minimum absolute atomic E-state index is 0.0249. The van der Waals surface area contributed by atoms with Crippen LogP contribution in [0.1, 0.15) is 115 Å². The van der Waals surface area contributed by atoms with Crippen molar-refractivity contribution in [2.45, 2.75) is 107 Å². The molecule has 0 radical (unpaired) electrons. The summed E-state index contributed by atoms with van der Waals surface area (Å²) >= 11 is 0. The van der Waals surface area contributed by atoms with E-state index in [1.54, 1.807) is 36.4 Å². The molecule has 0 aliphatic heterocycles. The standard InChI is InChI=1S/C52H55N2O8/c53-29-62-45-23-30(11-15-42(45)57)10-13-34(56)25-43(58)37-14-12-32-24-41(47(37)38-26-44(59)49(60)50(46(32)38)61-27-31-6-5-7-33(55)22-31)52-28-51(18-3-4-19-51)20-16-40(52)36-17-21-54-48(36)35-8-1-2-9-39(35)52/h1-2,5-9,11-12,14-15,17,21-23,26,32,37,40-41,43,47,55,57-60H,3-4,10,13,16,18-20,24-25,27-29,53H2/q-1. The van der Waals surface area contributed by atoms with E-state index in [9.17, 15) is 30.3 Å². The lowest BCUT2D eigenvalue weighted by atomic mass is 9.42. The number of aromatic nitrogens is 1. The zero-order valence-electron chi connectivity index (χ0n) is 34.9. The van der Waals surface area contributed by atoms with Gasteiger partial charge >= 0.3 is 0 Å². The van der Waals surface area contributed by atoms with E-state index in [0.29, 0.717) is 12.0 Å². The van der Waals surface area contributed by atoms with E-state index in [1.807, 2.05) is 12.3 Å². The van der Waals surface area contributed by atoms with Gasteiger partial charge in [0.05, 0.1) is 6.10 Å². The second-order valence-electron chi connectivity index (χ2n) is 18.7. The molecule has 1 aromatic heterocycles. The van der Waals surface area contributed by atoms with Crippen LogP contribution >= 0.6 is 0 Å². The summed E-state index contributed by atoms with van der Waals surface area (Å²) in [5.74, 6) is -1.12. The largest absolute Gasteiger partial charge is 0.663 e. The van der Waals surface area contributed by atoms with Crippen molar-refractivity contribution in [3.63, 3.8) is 0 Å². The Labute approximate surface area is 362 Å². The maximum Gasteiger partial charge on any atom is 0.200 e. The van der Waals surface area contributed by atoms with Gasteiger partial charge in [-0.2, -0.15) is 6.20 Å². The smallest absolute Gasteiger partial charge is 0.200 e. The molecule has 7 N–H and O–H groups in total. The van der Waals surface area contributed by atoms with E-state index in [1.165, 1.54) is 42.9 Å². The highest BCUT2D eigenvalue weighted by atomic mass is 16.5. The molecule has 7 atom stereocenters. The van der Waals surface area contributed by atoms with Crippen molar-refractivity contribution in [1.29, 1.82) is 0 Å². The first-order valence-electron chi connectivity index (χ1n) is 22.3. The molecule has 7 unspecified atom stereocenters. The molecule has 2 saturated carbocycles. The number of phenolic OH excluding ortho intramolecular Hbond substituents is 4. The van der Waals surface area contributed by atoms with Crippen molar-refractivity contribution in [1.82, 2.24) is 4.98 Å². The topological polar surface area (TPSA) is 177 Å². The number of ether oxygens (including phenoxy) is 2. The van der Waals surface area contributed by atoms with Crippen molar-refractivity contribution in [2.24, 2.45) is 23.0 Å². The molecule has 2 fully saturated rings. The average Bonchev–Trinajstić information content (AvgIpc) is 3.87. The molecule has 0 amide bonds. The first-order chi connectivity index (χ1) is 30.1. The predicted octanol–water partition coefficient (Wildman–Crippen LogP) is 9.11. The van der Waals surface area contributed by atoms with Gasteiger partial charge < -0.3 is 40.0 Å². The number of hydrogen-bond donors (Lipinski definition) is 6. The molecule has 322 valence electrons. The third-order valence-corrected chi connectivity index (χ3v) is 15.5. The summed E-state index contributed by atoms with van der Waals surface area (Å²) < 4.78 is 11.8. The molecule has 1 heterocycles. The highest BCUT2D eigenvalue weighted by molar-refractivity contribution is 5.79. The normalized spacial score (nSPS) is 25.6. The molecule has 2 bridgehead atoms. The predicted molar refractivity (Wildman–Crippen MR) is 235 cm³/mol. The van der Waals surface area contributed by atoms with Gasteiger partial charge in [-0.15, -0.1) is 5.69 Å². The van der Waals surface area contributed by atoms with Crippen molar-refractivity contribution >= 4 is 5.78 Å². The van der Waals surface area contributed by atoms with Crippen LogP contribution in [-0.4, -0.2) is 44.2 Å². The highest BCUT2D eigenvalue weighted by Gasteiger charge is 2.62. The zero-order valence-corrected chi connectivity index (χ0v) is 34.9. The number of aromatic hydroxyl groups is 4.